The van der Waals surface area contributed by atoms with Gasteiger partial charge in [0.25, 0.3) is 0 Å². The lowest BCUT2D eigenvalue weighted by Crippen LogP contribution is -2.18. The molecule has 164 valence electrons. The van der Waals surface area contributed by atoms with Crippen LogP contribution in [0.1, 0.15) is 81.0 Å². The van der Waals surface area contributed by atoms with Gasteiger partial charge in [-0.25, -0.2) is 0 Å². The summed E-state index contributed by atoms with van der Waals surface area (Å²) in [5, 5.41) is 12.7. The summed E-state index contributed by atoms with van der Waals surface area (Å²) in [6, 6.07) is 10.1. The van der Waals surface area contributed by atoms with Gasteiger partial charge in [0.15, 0.2) is 5.16 Å². The van der Waals surface area contributed by atoms with E-state index in [4.69, 9.17) is 4.42 Å². The fourth-order valence-corrected chi connectivity index (χ4v) is 4.50. The molecule has 1 aliphatic carbocycles. The van der Waals surface area contributed by atoms with Crippen molar-refractivity contribution in [2.24, 2.45) is 0 Å². The number of nitrogens with zero attached hydrogens (tertiary/aromatic N) is 3. The van der Waals surface area contributed by atoms with Crippen molar-refractivity contribution in [1.82, 2.24) is 14.8 Å². The molecule has 1 N–H and O–H groups in total. The SMILES string of the molecule is CC(C)c1cccc(C(C)C)c1NC(=O)CSc1nnc(C2CC2)n1Cc1ccco1. The van der Waals surface area contributed by atoms with Gasteiger partial charge in [-0.3, -0.25) is 9.36 Å². The maximum absolute atomic E-state index is 12.9. The smallest absolute Gasteiger partial charge is 0.234 e. The molecule has 3 aromatic rings. The summed E-state index contributed by atoms with van der Waals surface area (Å²) >= 11 is 1.43. The fraction of sp³-hybridized carbons (Fsp3) is 0.458. The molecule has 0 unspecified atom stereocenters. The van der Waals surface area contributed by atoms with Crippen LogP contribution in [0.2, 0.25) is 0 Å². The second-order valence-electron chi connectivity index (χ2n) is 8.74. The van der Waals surface area contributed by atoms with Crippen molar-refractivity contribution in [2.75, 3.05) is 11.1 Å². The Morgan fingerprint density at radius 3 is 2.42 bits per heavy atom. The van der Waals surface area contributed by atoms with Crippen LogP contribution in [0.25, 0.3) is 0 Å². The summed E-state index contributed by atoms with van der Waals surface area (Å²) < 4.78 is 7.62. The molecule has 6 nitrogen and oxygen atoms in total. The van der Waals surface area contributed by atoms with Crippen LogP contribution in [0.4, 0.5) is 5.69 Å². The largest absolute Gasteiger partial charge is 0.467 e. The number of amides is 1. The average molecular weight is 439 g/mol. The van der Waals surface area contributed by atoms with E-state index in [9.17, 15) is 4.79 Å². The number of anilines is 1. The fourth-order valence-electron chi connectivity index (χ4n) is 3.76. The number of rotatable bonds is 9. The quantitative estimate of drug-likeness (QED) is 0.429. The van der Waals surface area contributed by atoms with Crippen LogP contribution in [0.5, 0.6) is 0 Å². The van der Waals surface area contributed by atoms with Crippen molar-refractivity contribution in [3.8, 4) is 0 Å². The molecule has 2 aromatic heterocycles. The number of furan rings is 1. The highest BCUT2D eigenvalue weighted by molar-refractivity contribution is 7.99. The lowest BCUT2D eigenvalue weighted by molar-refractivity contribution is -0.113. The number of carbonyl (C=O) groups is 1. The lowest BCUT2D eigenvalue weighted by atomic mass is 9.92. The van der Waals surface area contributed by atoms with Crippen LogP contribution in [0.3, 0.4) is 0 Å². The molecule has 31 heavy (non-hydrogen) atoms. The van der Waals surface area contributed by atoms with Crippen LogP contribution >= 0.6 is 11.8 Å². The van der Waals surface area contributed by atoms with Gasteiger partial charge in [0.1, 0.15) is 11.6 Å². The van der Waals surface area contributed by atoms with Gasteiger partial charge in [-0.05, 0) is 47.9 Å². The van der Waals surface area contributed by atoms with Gasteiger partial charge in [-0.15, -0.1) is 10.2 Å². The van der Waals surface area contributed by atoms with Crippen LogP contribution in [0, 0.1) is 0 Å². The Bertz CT molecular complexity index is 1010. The van der Waals surface area contributed by atoms with Crippen LogP contribution in [-0.2, 0) is 11.3 Å². The maximum Gasteiger partial charge on any atom is 0.234 e. The standard InChI is InChI=1S/C24H30N4O2S/c1-15(2)19-8-5-9-20(16(3)4)22(19)25-21(29)14-31-24-27-26-23(17-10-11-17)28(24)13-18-7-6-12-30-18/h5-9,12,15-17H,10-11,13-14H2,1-4H3,(H,25,29). The van der Waals surface area contributed by atoms with Gasteiger partial charge in [0.05, 0.1) is 18.6 Å². The summed E-state index contributed by atoms with van der Waals surface area (Å²) in [6.07, 6.45) is 3.96. The Morgan fingerprint density at radius 1 is 1.13 bits per heavy atom. The third-order valence-corrected chi connectivity index (χ3v) is 6.52. The molecule has 0 aliphatic heterocycles. The molecular formula is C24H30N4O2S. The van der Waals surface area contributed by atoms with E-state index in [0.717, 1.165) is 35.3 Å². The monoisotopic (exact) mass is 438 g/mol. The zero-order valence-corrected chi connectivity index (χ0v) is 19.4. The molecule has 0 bridgehead atoms. The van der Waals surface area contributed by atoms with Gasteiger partial charge < -0.3 is 9.73 Å². The molecule has 2 heterocycles. The topological polar surface area (TPSA) is 73.0 Å². The Morgan fingerprint density at radius 2 is 1.84 bits per heavy atom. The molecule has 4 rings (SSSR count). The van der Waals surface area contributed by atoms with E-state index in [-0.39, 0.29) is 11.7 Å². The maximum atomic E-state index is 12.9. The number of benzene rings is 1. The normalized spacial score (nSPS) is 13.9. The first-order valence-electron chi connectivity index (χ1n) is 10.9. The molecule has 0 atom stereocenters. The predicted molar refractivity (Wildman–Crippen MR) is 124 cm³/mol. The van der Waals surface area contributed by atoms with Gasteiger partial charge in [-0.1, -0.05) is 57.7 Å². The predicted octanol–water partition coefficient (Wildman–Crippen LogP) is 5.77. The number of para-hydroxylation sites is 1. The van der Waals surface area contributed by atoms with E-state index in [2.05, 4.69) is 66.0 Å². The van der Waals surface area contributed by atoms with Gasteiger partial charge >= 0.3 is 0 Å². The van der Waals surface area contributed by atoms with Crippen LogP contribution in [-0.4, -0.2) is 26.4 Å². The van der Waals surface area contributed by atoms with Crippen molar-refractivity contribution in [2.45, 2.75) is 70.0 Å². The summed E-state index contributed by atoms with van der Waals surface area (Å²) in [5.41, 5.74) is 3.29. The van der Waals surface area contributed by atoms with Gasteiger partial charge in [-0.2, -0.15) is 0 Å². The minimum atomic E-state index is -0.0273. The molecule has 0 saturated heterocycles. The minimum absolute atomic E-state index is 0.0273. The molecular weight excluding hydrogens is 408 g/mol. The summed E-state index contributed by atoms with van der Waals surface area (Å²) in [4.78, 5) is 12.9. The minimum Gasteiger partial charge on any atom is -0.467 e. The summed E-state index contributed by atoms with van der Waals surface area (Å²) in [7, 11) is 0. The molecule has 7 heteroatoms. The lowest BCUT2D eigenvalue weighted by Gasteiger charge is -2.20. The van der Waals surface area contributed by atoms with Crippen LogP contribution in [0.15, 0.2) is 46.2 Å². The van der Waals surface area contributed by atoms with Gasteiger partial charge in [0.2, 0.25) is 5.91 Å². The molecule has 1 aromatic carbocycles. The third-order valence-electron chi connectivity index (χ3n) is 5.55. The highest BCUT2D eigenvalue weighted by atomic mass is 32.2. The van der Waals surface area contributed by atoms with Crippen molar-refractivity contribution in [3.05, 3.63) is 59.3 Å². The first-order valence-corrected chi connectivity index (χ1v) is 11.9. The Balaban J connectivity index is 1.49. The first-order chi connectivity index (χ1) is 14.9. The molecule has 1 saturated carbocycles. The average Bonchev–Trinajstić information content (AvgIpc) is 3.29. The highest BCUT2D eigenvalue weighted by Gasteiger charge is 2.31. The Hall–Kier alpha value is -2.54. The third kappa shape index (κ3) is 5.03. The van der Waals surface area contributed by atoms with E-state index in [1.807, 2.05) is 12.1 Å². The second kappa shape index (κ2) is 9.30. The van der Waals surface area contributed by atoms with E-state index in [1.165, 1.54) is 22.9 Å². The number of hydrogen-bond acceptors (Lipinski definition) is 5. The van der Waals surface area contributed by atoms with Crippen molar-refractivity contribution in [1.29, 1.82) is 0 Å². The second-order valence-corrected chi connectivity index (χ2v) is 9.68. The van der Waals surface area contributed by atoms with Crippen molar-refractivity contribution in [3.63, 3.8) is 0 Å². The molecule has 1 amide bonds. The van der Waals surface area contributed by atoms with E-state index < -0.39 is 0 Å². The molecule has 1 fully saturated rings. The number of nitrogens with one attached hydrogen (secondary N) is 1. The van der Waals surface area contributed by atoms with Gasteiger partial charge in [0, 0.05) is 11.6 Å². The number of hydrogen-bond donors (Lipinski definition) is 1. The number of carbonyl (C=O) groups excluding carboxylic acids is 1. The van der Waals surface area contributed by atoms with Crippen molar-refractivity contribution < 1.29 is 9.21 Å². The summed E-state index contributed by atoms with van der Waals surface area (Å²) in [6.45, 7) is 9.20. The molecule has 0 spiro atoms. The van der Waals surface area contributed by atoms with Crippen LogP contribution < -0.4 is 5.32 Å². The summed E-state index contributed by atoms with van der Waals surface area (Å²) in [5.74, 6) is 3.24. The van der Waals surface area contributed by atoms with E-state index >= 15 is 0 Å². The highest BCUT2D eigenvalue weighted by Crippen LogP contribution is 2.40. The zero-order valence-electron chi connectivity index (χ0n) is 18.6. The van der Waals surface area contributed by atoms with Crippen molar-refractivity contribution >= 4 is 23.4 Å². The Labute approximate surface area is 187 Å². The first kappa shape index (κ1) is 21.7. The van der Waals surface area contributed by atoms with E-state index in [0.29, 0.717) is 24.3 Å². The zero-order chi connectivity index (χ0) is 22.0. The Kier molecular flexibility index (Phi) is 6.51. The molecule has 1 aliphatic rings. The van der Waals surface area contributed by atoms with E-state index in [1.54, 1.807) is 6.26 Å². The number of aromatic nitrogens is 3. The number of thioether (sulfide) groups is 1. The molecule has 0 radical (unpaired) electrons.